The summed E-state index contributed by atoms with van der Waals surface area (Å²) >= 11 is 0. The fourth-order valence-electron chi connectivity index (χ4n) is 4.11. The third-order valence-electron chi connectivity index (χ3n) is 5.84. The van der Waals surface area contributed by atoms with Gasteiger partial charge in [0.25, 0.3) is 5.91 Å². The van der Waals surface area contributed by atoms with E-state index in [1.165, 1.54) is 30.3 Å². The number of fused-ring (bicyclic) bond motifs is 1. The van der Waals surface area contributed by atoms with E-state index in [0.29, 0.717) is 42.7 Å². The van der Waals surface area contributed by atoms with Gasteiger partial charge in [0.15, 0.2) is 0 Å². The topological polar surface area (TPSA) is 122 Å². The van der Waals surface area contributed by atoms with Gasteiger partial charge >= 0.3 is 0 Å². The van der Waals surface area contributed by atoms with E-state index in [1.807, 2.05) is 18.0 Å². The Morgan fingerprint density at radius 1 is 1.13 bits per heavy atom. The number of aliphatic imine (C=N–C) groups is 1. The van der Waals surface area contributed by atoms with Gasteiger partial charge in [-0.25, -0.2) is 22.9 Å². The molecule has 2 aliphatic heterocycles. The normalized spacial score (nSPS) is 18.2. The number of nitrogens with two attached hydrogens (primary N) is 2. The molecule has 8 nitrogen and oxygen atoms in total. The molecule has 1 amide bonds. The Labute approximate surface area is 174 Å². The van der Waals surface area contributed by atoms with E-state index in [0.717, 1.165) is 0 Å². The van der Waals surface area contributed by atoms with Crippen LogP contribution in [0.4, 0.5) is 10.1 Å². The van der Waals surface area contributed by atoms with Crippen LogP contribution in [-0.2, 0) is 10.0 Å². The van der Waals surface area contributed by atoms with Crippen LogP contribution in [0.25, 0.3) is 0 Å². The van der Waals surface area contributed by atoms with Gasteiger partial charge in [0.2, 0.25) is 10.0 Å². The minimum atomic E-state index is -3.81. The van der Waals surface area contributed by atoms with Crippen molar-refractivity contribution in [2.24, 2.45) is 15.9 Å². The summed E-state index contributed by atoms with van der Waals surface area (Å²) in [6, 6.07) is 10.4. The summed E-state index contributed by atoms with van der Waals surface area (Å²) in [6.45, 7) is 0.864. The summed E-state index contributed by atoms with van der Waals surface area (Å²) in [4.78, 5) is 21.0. The molecule has 2 aromatic rings. The third kappa shape index (κ3) is 3.31. The number of primary sulfonamides is 1. The number of anilines is 1. The smallest absolute Gasteiger partial charge is 0.253 e. The molecule has 0 saturated carbocycles. The second kappa shape index (κ2) is 7.06. The predicted molar refractivity (Wildman–Crippen MR) is 111 cm³/mol. The van der Waals surface area contributed by atoms with Gasteiger partial charge in [-0.15, -0.1) is 0 Å². The number of amides is 1. The number of carbonyl (C=O) groups excluding carboxylic acids is 1. The number of piperidine rings is 1. The Kier molecular flexibility index (Phi) is 4.78. The molecule has 0 bridgehead atoms. The Morgan fingerprint density at radius 2 is 1.77 bits per heavy atom. The van der Waals surface area contributed by atoms with E-state index >= 15 is 0 Å². The van der Waals surface area contributed by atoms with E-state index in [1.54, 1.807) is 11.0 Å². The molecule has 10 heteroatoms. The molecule has 2 aromatic carbocycles. The molecular weight excluding hydrogens is 409 g/mol. The van der Waals surface area contributed by atoms with Crippen LogP contribution in [0, 0.1) is 5.82 Å². The van der Waals surface area contributed by atoms with Gasteiger partial charge in [-0.2, -0.15) is 0 Å². The summed E-state index contributed by atoms with van der Waals surface area (Å²) < 4.78 is 37.0. The highest BCUT2D eigenvalue weighted by Crippen LogP contribution is 2.39. The summed E-state index contributed by atoms with van der Waals surface area (Å²) in [5.74, 6) is -0.446. The largest absolute Gasteiger partial charge is 0.383 e. The third-order valence-corrected chi connectivity index (χ3v) is 6.77. The van der Waals surface area contributed by atoms with Crippen molar-refractivity contribution in [3.8, 4) is 0 Å². The number of amidine groups is 1. The Bertz CT molecular complexity index is 1140. The number of rotatable bonds is 2. The maximum Gasteiger partial charge on any atom is 0.253 e. The van der Waals surface area contributed by atoms with Crippen molar-refractivity contribution >= 4 is 27.5 Å². The summed E-state index contributed by atoms with van der Waals surface area (Å²) in [6.07, 6.45) is 1.06. The fraction of sp³-hybridized carbons (Fsp3) is 0.300. The average molecular weight is 431 g/mol. The molecule has 0 aromatic heterocycles. The van der Waals surface area contributed by atoms with Gasteiger partial charge in [-0.1, -0.05) is 6.07 Å². The van der Waals surface area contributed by atoms with Gasteiger partial charge < -0.3 is 15.5 Å². The van der Waals surface area contributed by atoms with Crippen LogP contribution in [0.1, 0.15) is 28.8 Å². The second-order valence-electron chi connectivity index (χ2n) is 7.53. The lowest BCUT2D eigenvalue weighted by Gasteiger charge is -2.48. The van der Waals surface area contributed by atoms with Crippen molar-refractivity contribution in [1.29, 1.82) is 0 Å². The number of sulfonamides is 1. The maximum atomic E-state index is 14.2. The number of hydrogen-bond donors (Lipinski definition) is 2. The fourth-order valence-corrected chi connectivity index (χ4v) is 4.63. The highest BCUT2D eigenvalue weighted by Gasteiger charge is 2.43. The first-order valence-corrected chi connectivity index (χ1v) is 11.0. The summed E-state index contributed by atoms with van der Waals surface area (Å²) in [5.41, 5.74) is 6.82. The molecular formula is C20H22FN5O3S. The molecule has 0 aliphatic carbocycles. The van der Waals surface area contributed by atoms with E-state index < -0.39 is 21.5 Å². The minimum Gasteiger partial charge on any atom is -0.383 e. The summed E-state index contributed by atoms with van der Waals surface area (Å²) in [5, 5.41) is 5.10. The molecule has 2 heterocycles. The highest BCUT2D eigenvalue weighted by molar-refractivity contribution is 7.89. The lowest BCUT2D eigenvalue weighted by Crippen LogP contribution is -2.57. The first-order valence-electron chi connectivity index (χ1n) is 9.43. The number of hydrogen-bond acceptors (Lipinski definition) is 6. The first kappa shape index (κ1) is 20.3. The number of carbonyl (C=O) groups is 1. The Hall–Kier alpha value is -2.98. The zero-order valence-electron chi connectivity index (χ0n) is 16.4. The number of likely N-dealkylation sites (tertiary alicyclic amines) is 1. The quantitative estimate of drug-likeness (QED) is 0.741. The number of halogens is 1. The number of nitrogens with zero attached hydrogens (tertiary/aromatic N) is 3. The van der Waals surface area contributed by atoms with Gasteiger partial charge in [-0.3, -0.25) is 4.79 Å². The molecule has 0 radical (unpaired) electrons. The Morgan fingerprint density at radius 3 is 2.37 bits per heavy atom. The average Bonchev–Trinajstić information content (AvgIpc) is 2.71. The zero-order chi connectivity index (χ0) is 21.7. The van der Waals surface area contributed by atoms with Crippen LogP contribution in [-0.4, -0.2) is 50.9 Å². The molecule has 1 saturated heterocycles. The summed E-state index contributed by atoms with van der Waals surface area (Å²) in [7, 11) is -1.95. The van der Waals surface area contributed by atoms with Crippen molar-refractivity contribution in [2.75, 3.05) is 25.0 Å². The van der Waals surface area contributed by atoms with Gasteiger partial charge in [-0.05, 0) is 36.4 Å². The molecule has 30 heavy (non-hydrogen) atoms. The maximum absolute atomic E-state index is 14.2. The SMILES string of the molecule is CN1c2cccc(F)c2C(N)=NC12CCN(C(=O)c1ccc(S(N)(=O)=O)cc1)CC2. The van der Waals surface area contributed by atoms with Gasteiger partial charge in [0.1, 0.15) is 17.3 Å². The van der Waals surface area contributed by atoms with Crippen LogP contribution >= 0.6 is 0 Å². The molecule has 1 spiro atoms. The van der Waals surface area contributed by atoms with Crippen LogP contribution in [0.2, 0.25) is 0 Å². The lowest BCUT2D eigenvalue weighted by atomic mass is 9.91. The molecule has 4 N–H and O–H groups in total. The van der Waals surface area contributed by atoms with Crippen molar-refractivity contribution in [1.82, 2.24) is 4.90 Å². The molecule has 0 unspecified atom stereocenters. The van der Waals surface area contributed by atoms with E-state index in [2.05, 4.69) is 4.99 Å². The molecule has 0 atom stereocenters. The molecule has 1 fully saturated rings. The van der Waals surface area contributed by atoms with Crippen LogP contribution in [0.3, 0.4) is 0 Å². The first-order chi connectivity index (χ1) is 14.1. The second-order valence-corrected chi connectivity index (χ2v) is 9.10. The number of benzene rings is 2. The molecule has 4 rings (SSSR count). The van der Waals surface area contributed by atoms with E-state index in [9.17, 15) is 17.6 Å². The standard InChI is InChI=1S/C20H22FN5O3S/c1-25-16-4-2-3-15(21)17(16)18(22)24-20(25)9-11-26(12-10-20)19(27)13-5-7-14(8-6-13)30(23,28)29/h2-8H,9-12H2,1H3,(H2,22,24)(H2,23,28,29). The monoisotopic (exact) mass is 431 g/mol. The zero-order valence-corrected chi connectivity index (χ0v) is 17.2. The van der Waals surface area contributed by atoms with Crippen molar-refractivity contribution in [2.45, 2.75) is 23.4 Å². The van der Waals surface area contributed by atoms with Crippen molar-refractivity contribution in [3.63, 3.8) is 0 Å². The molecule has 158 valence electrons. The van der Waals surface area contributed by atoms with Crippen molar-refractivity contribution < 1.29 is 17.6 Å². The van der Waals surface area contributed by atoms with Gasteiger partial charge in [0.05, 0.1) is 16.1 Å². The van der Waals surface area contributed by atoms with Crippen LogP contribution in [0.5, 0.6) is 0 Å². The van der Waals surface area contributed by atoms with E-state index in [4.69, 9.17) is 10.9 Å². The van der Waals surface area contributed by atoms with Crippen LogP contribution in [0.15, 0.2) is 52.4 Å². The van der Waals surface area contributed by atoms with Crippen molar-refractivity contribution in [3.05, 3.63) is 59.4 Å². The molecule has 2 aliphatic rings. The highest BCUT2D eigenvalue weighted by atomic mass is 32.2. The van der Waals surface area contributed by atoms with E-state index in [-0.39, 0.29) is 16.6 Å². The van der Waals surface area contributed by atoms with Crippen LogP contribution < -0.4 is 15.8 Å². The Balaban J connectivity index is 1.53. The minimum absolute atomic E-state index is 0.0452. The lowest BCUT2D eigenvalue weighted by molar-refractivity contribution is 0.0671. The van der Waals surface area contributed by atoms with Gasteiger partial charge in [0, 0.05) is 38.5 Å². The predicted octanol–water partition coefficient (Wildman–Crippen LogP) is 1.26.